The number of nitrogens with two attached hydrogens (primary N) is 1. The van der Waals surface area contributed by atoms with Gasteiger partial charge >= 0.3 is 0 Å². The van der Waals surface area contributed by atoms with E-state index in [9.17, 15) is 9.59 Å². The van der Waals surface area contributed by atoms with Crippen LogP contribution in [0.2, 0.25) is 0 Å². The number of amides is 2. The SMILES string of the molecule is NC(=O)C1CCN(C2CN(C3CCCC3)C2)C1=O. The van der Waals surface area contributed by atoms with E-state index in [1.54, 1.807) is 0 Å². The molecule has 18 heavy (non-hydrogen) atoms. The lowest BCUT2D eigenvalue weighted by Gasteiger charge is -2.47. The Labute approximate surface area is 107 Å². The lowest BCUT2D eigenvalue weighted by atomic mass is 10.0. The van der Waals surface area contributed by atoms with E-state index in [-0.39, 0.29) is 5.91 Å². The zero-order valence-corrected chi connectivity index (χ0v) is 10.7. The van der Waals surface area contributed by atoms with Gasteiger partial charge in [-0.15, -0.1) is 0 Å². The smallest absolute Gasteiger partial charge is 0.235 e. The van der Waals surface area contributed by atoms with Crippen molar-refractivity contribution in [2.24, 2.45) is 11.7 Å². The molecule has 3 fully saturated rings. The molecule has 0 aromatic heterocycles. The van der Waals surface area contributed by atoms with Gasteiger partial charge in [-0.05, 0) is 19.3 Å². The van der Waals surface area contributed by atoms with Crippen molar-refractivity contribution in [2.45, 2.75) is 44.2 Å². The van der Waals surface area contributed by atoms with Gasteiger partial charge in [0.1, 0.15) is 5.92 Å². The topological polar surface area (TPSA) is 66.6 Å². The fourth-order valence-corrected chi connectivity index (χ4v) is 3.58. The van der Waals surface area contributed by atoms with Crippen LogP contribution in [-0.4, -0.2) is 53.3 Å². The van der Waals surface area contributed by atoms with Crippen molar-refractivity contribution in [1.82, 2.24) is 9.80 Å². The molecule has 1 saturated carbocycles. The predicted molar refractivity (Wildman–Crippen MR) is 66.6 cm³/mol. The highest BCUT2D eigenvalue weighted by atomic mass is 16.2. The van der Waals surface area contributed by atoms with Crippen LogP contribution in [0.4, 0.5) is 0 Å². The van der Waals surface area contributed by atoms with E-state index in [2.05, 4.69) is 4.90 Å². The molecular weight excluding hydrogens is 230 g/mol. The summed E-state index contributed by atoms with van der Waals surface area (Å²) in [5, 5.41) is 0. The minimum absolute atomic E-state index is 0.0430. The highest BCUT2D eigenvalue weighted by Crippen LogP contribution is 2.31. The minimum atomic E-state index is -0.564. The molecule has 2 amide bonds. The van der Waals surface area contributed by atoms with Gasteiger partial charge in [-0.25, -0.2) is 0 Å². The monoisotopic (exact) mass is 251 g/mol. The first kappa shape index (κ1) is 12.0. The number of carbonyl (C=O) groups excluding carboxylic acids is 2. The molecule has 100 valence electrons. The van der Waals surface area contributed by atoms with Crippen molar-refractivity contribution in [3.8, 4) is 0 Å². The molecular formula is C13H21N3O2. The summed E-state index contributed by atoms with van der Waals surface area (Å²) in [6, 6.07) is 1.06. The predicted octanol–water partition coefficient (Wildman–Crippen LogP) is -0.0530. The van der Waals surface area contributed by atoms with Crippen molar-refractivity contribution < 1.29 is 9.59 Å². The summed E-state index contributed by atoms with van der Waals surface area (Å²) in [7, 11) is 0. The largest absolute Gasteiger partial charge is 0.369 e. The summed E-state index contributed by atoms with van der Waals surface area (Å²) in [4.78, 5) is 27.5. The average molecular weight is 251 g/mol. The zero-order valence-electron chi connectivity index (χ0n) is 10.7. The molecule has 3 rings (SSSR count). The fraction of sp³-hybridized carbons (Fsp3) is 0.846. The van der Waals surface area contributed by atoms with E-state index < -0.39 is 11.8 Å². The van der Waals surface area contributed by atoms with Gasteiger partial charge in [0.25, 0.3) is 0 Å². The van der Waals surface area contributed by atoms with E-state index in [1.807, 2.05) is 4.90 Å². The maximum absolute atomic E-state index is 12.0. The number of hydrogen-bond acceptors (Lipinski definition) is 3. The van der Waals surface area contributed by atoms with E-state index in [1.165, 1.54) is 25.7 Å². The van der Waals surface area contributed by atoms with E-state index >= 15 is 0 Å². The molecule has 2 aliphatic heterocycles. The van der Waals surface area contributed by atoms with Crippen LogP contribution in [-0.2, 0) is 9.59 Å². The highest BCUT2D eigenvalue weighted by Gasteiger charge is 2.44. The van der Waals surface area contributed by atoms with Crippen LogP contribution in [0.3, 0.4) is 0 Å². The summed E-state index contributed by atoms with van der Waals surface area (Å²) in [5.74, 6) is -1.07. The van der Waals surface area contributed by atoms with Crippen molar-refractivity contribution >= 4 is 11.8 Å². The third-order valence-electron chi connectivity index (χ3n) is 4.76. The quantitative estimate of drug-likeness (QED) is 0.715. The van der Waals surface area contributed by atoms with Crippen LogP contribution in [0.1, 0.15) is 32.1 Å². The van der Waals surface area contributed by atoms with Gasteiger partial charge in [-0.2, -0.15) is 0 Å². The second-order valence-corrected chi connectivity index (χ2v) is 5.82. The molecule has 2 N–H and O–H groups in total. The van der Waals surface area contributed by atoms with Crippen LogP contribution >= 0.6 is 0 Å². The third-order valence-corrected chi connectivity index (χ3v) is 4.76. The summed E-state index contributed by atoms with van der Waals surface area (Å²) in [6.07, 6.45) is 5.92. The molecule has 0 aromatic carbocycles. The summed E-state index contributed by atoms with van der Waals surface area (Å²) in [5.41, 5.74) is 5.24. The molecule has 3 aliphatic rings. The van der Waals surface area contributed by atoms with Gasteiger partial charge in [0, 0.05) is 25.7 Å². The molecule has 2 heterocycles. The van der Waals surface area contributed by atoms with Crippen molar-refractivity contribution in [3.63, 3.8) is 0 Å². The molecule has 5 heteroatoms. The van der Waals surface area contributed by atoms with Gasteiger partial charge < -0.3 is 10.6 Å². The van der Waals surface area contributed by atoms with Crippen molar-refractivity contribution in [3.05, 3.63) is 0 Å². The number of primary amides is 1. The second kappa shape index (κ2) is 4.53. The second-order valence-electron chi connectivity index (χ2n) is 5.82. The lowest BCUT2D eigenvalue weighted by molar-refractivity contribution is -0.140. The summed E-state index contributed by atoms with van der Waals surface area (Å²) in [6.45, 7) is 2.68. The van der Waals surface area contributed by atoms with Crippen LogP contribution in [0, 0.1) is 5.92 Å². The fourth-order valence-electron chi connectivity index (χ4n) is 3.58. The molecule has 1 aliphatic carbocycles. The van der Waals surface area contributed by atoms with E-state index in [0.29, 0.717) is 19.0 Å². The maximum atomic E-state index is 12.0. The number of nitrogens with zero attached hydrogens (tertiary/aromatic N) is 2. The number of carbonyl (C=O) groups is 2. The van der Waals surface area contributed by atoms with Gasteiger partial charge in [-0.1, -0.05) is 12.8 Å². The van der Waals surface area contributed by atoms with Gasteiger partial charge in [0.15, 0.2) is 0 Å². The van der Waals surface area contributed by atoms with Crippen LogP contribution < -0.4 is 5.73 Å². The minimum Gasteiger partial charge on any atom is -0.369 e. The Balaban J connectivity index is 1.53. The Morgan fingerprint density at radius 2 is 1.78 bits per heavy atom. The third kappa shape index (κ3) is 1.90. The summed E-state index contributed by atoms with van der Waals surface area (Å²) >= 11 is 0. The van der Waals surface area contributed by atoms with E-state index in [0.717, 1.165) is 19.1 Å². The van der Waals surface area contributed by atoms with Crippen LogP contribution in [0.15, 0.2) is 0 Å². The Morgan fingerprint density at radius 3 is 2.33 bits per heavy atom. The first-order valence-corrected chi connectivity index (χ1v) is 7.00. The zero-order chi connectivity index (χ0) is 12.7. The average Bonchev–Trinajstić information content (AvgIpc) is 2.87. The molecule has 5 nitrogen and oxygen atoms in total. The lowest BCUT2D eigenvalue weighted by Crippen LogP contribution is -2.62. The molecule has 1 atom stereocenters. The Morgan fingerprint density at radius 1 is 1.11 bits per heavy atom. The van der Waals surface area contributed by atoms with Crippen LogP contribution in [0.25, 0.3) is 0 Å². The Bertz CT molecular complexity index is 359. The first-order valence-electron chi connectivity index (χ1n) is 7.00. The van der Waals surface area contributed by atoms with Crippen LogP contribution in [0.5, 0.6) is 0 Å². The van der Waals surface area contributed by atoms with Gasteiger partial charge in [0.2, 0.25) is 11.8 Å². The Kier molecular flexibility index (Phi) is 3.01. The molecule has 0 radical (unpaired) electrons. The molecule has 1 unspecified atom stereocenters. The highest BCUT2D eigenvalue weighted by molar-refractivity contribution is 6.01. The van der Waals surface area contributed by atoms with Gasteiger partial charge in [0.05, 0.1) is 6.04 Å². The normalized spacial score (nSPS) is 31.0. The number of hydrogen-bond donors (Lipinski definition) is 1. The molecule has 0 bridgehead atoms. The first-order chi connectivity index (χ1) is 8.66. The van der Waals surface area contributed by atoms with E-state index in [4.69, 9.17) is 5.73 Å². The maximum Gasteiger partial charge on any atom is 0.235 e. The molecule has 2 saturated heterocycles. The molecule has 0 spiro atoms. The number of rotatable bonds is 3. The Hall–Kier alpha value is -1.10. The summed E-state index contributed by atoms with van der Waals surface area (Å²) < 4.78 is 0. The van der Waals surface area contributed by atoms with Crippen molar-refractivity contribution in [2.75, 3.05) is 19.6 Å². The standard InChI is InChI=1S/C13H21N3O2/c14-12(17)11-5-6-16(13(11)18)10-7-15(8-10)9-3-1-2-4-9/h9-11H,1-8H2,(H2,14,17). The van der Waals surface area contributed by atoms with Gasteiger partial charge in [-0.3, -0.25) is 14.5 Å². The van der Waals surface area contributed by atoms with Crippen molar-refractivity contribution in [1.29, 1.82) is 0 Å². The number of likely N-dealkylation sites (tertiary alicyclic amines) is 2. The molecule has 0 aromatic rings.